The number of hydrogen-bond acceptors (Lipinski definition) is 2. The first kappa shape index (κ1) is 33.5. The Labute approximate surface area is 362 Å². The number of rotatable bonds is 2. The minimum atomic E-state index is -0.445. The predicted molar refractivity (Wildman–Crippen MR) is 259 cm³/mol. The van der Waals surface area contributed by atoms with Crippen molar-refractivity contribution >= 4 is 54.3 Å². The van der Waals surface area contributed by atoms with Gasteiger partial charge < -0.3 is 9.15 Å². The molecule has 0 saturated carbocycles. The molecule has 3 aliphatic rings. The van der Waals surface area contributed by atoms with Crippen molar-refractivity contribution in [3.63, 3.8) is 0 Å². The molecule has 1 unspecified atom stereocenters. The first-order valence-corrected chi connectivity index (χ1v) is 21.8. The maximum Gasteiger partial charge on any atom is 0.143 e. The fourth-order valence-corrected chi connectivity index (χ4v) is 12.0. The molecule has 2 heterocycles. The van der Waals surface area contributed by atoms with Gasteiger partial charge >= 0.3 is 0 Å². The molecule has 0 saturated heterocycles. The second kappa shape index (κ2) is 12.0. The summed E-state index contributed by atoms with van der Waals surface area (Å²) in [4.78, 5) is 0. The van der Waals surface area contributed by atoms with Crippen LogP contribution in [0.5, 0.6) is 11.5 Å². The molecule has 63 heavy (non-hydrogen) atoms. The lowest BCUT2D eigenvalue weighted by molar-refractivity contribution is 0.487. The molecule has 1 spiro atoms. The molecule has 1 atom stereocenters. The molecule has 0 N–H and O–H groups in total. The number of ether oxygens (including phenoxy) is 1. The van der Waals surface area contributed by atoms with E-state index in [2.05, 4.69) is 206 Å². The summed E-state index contributed by atoms with van der Waals surface area (Å²) in [7, 11) is 0. The summed E-state index contributed by atoms with van der Waals surface area (Å²) in [6.07, 6.45) is 0. The maximum atomic E-state index is 6.84. The molecule has 11 aromatic carbocycles. The van der Waals surface area contributed by atoms with Gasteiger partial charge in [0.05, 0.1) is 5.41 Å². The number of furan rings is 1. The third-order valence-electron chi connectivity index (χ3n) is 14.5. The van der Waals surface area contributed by atoms with Gasteiger partial charge in [0, 0.05) is 27.1 Å². The first-order chi connectivity index (χ1) is 31.3. The SMILES string of the molecule is c1ccc2c(c1)-c1c(-c3ccc4c5c(cccc35)-c3cc(-c5cccc6oc7c8ccccc8ccc7c56)ccc3O4)cccc1C21c2ccccc2-c2c1ccc1ccccc21. The zero-order chi connectivity index (χ0) is 41.0. The van der Waals surface area contributed by atoms with E-state index in [0.29, 0.717) is 0 Å². The van der Waals surface area contributed by atoms with E-state index in [1.165, 1.54) is 82.7 Å². The number of hydrogen-bond donors (Lipinski definition) is 0. The van der Waals surface area contributed by atoms with Crippen LogP contribution in [0.1, 0.15) is 22.3 Å². The summed E-state index contributed by atoms with van der Waals surface area (Å²) in [6.45, 7) is 0. The van der Waals surface area contributed by atoms with Gasteiger partial charge in [0.2, 0.25) is 0 Å². The quantitative estimate of drug-likeness (QED) is 0.174. The van der Waals surface area contributed by atoms with Crippen LogP contribution >= 0.6 is 0 Å². The highest BCUT2D eigenvalue weighted by molar-refractivity contribution is 6.20. The fraction of sp³-hybridized carbons (Fsp3) is 0.0164. The molecular formula is C61H34O2. The highest BCUT2D eigenvalue weighted by Gasteiger charge is 2.52. The van der Waals surface area contributed by atoms with Crippen LogP contribution in [-0.4, -0.2) is 0 Å². The van der Waals surface area contributed by atoms with Gasteiger partial charge in [0.1, 0.15) is 22.7 Å². The Hall–Kier alpha value is -8.20. The Balaban J connectivity index is 0.941. The van der Waals surface area contributed by atoms with Crippen molar-refractivity contribution in [2.45, 2.75) is 5.41 Å². The Morgan fingerprint density at radius 2 is 0.937 bits per heavy atom. The summed E-state index contributed by atoms with van der Waals surface area (Å²) in [6, 6.07) is 75.9. The predicted octanol–water partition coefficient (Wildman–Crippen LogP) is 16.5. The van der Waals surface area contributed by atoms with Crippen LogP contribution in [0.25, 0.3) is 110 Å². The van der Waals surface area contributed by atoms with E-state index < -0.39 is 5.41 Å². The van der Waals surface area contributed by atoms with E-state index in [9.17, 15) is 0 Å². The molecule has 1 aromatic heterocycles. The van der Waals surface area contributed by atoms with Gasteiger partial charge in [0.15, 0.2) is 0 Å². The van der Waals surface area contributed by atoms with Crippen molar-refractivity contribution in [1.82, 2.24) is 0 Å². The van der Waals surface area contributed by atoms with Gasteiger partial charge in [-0.1, -0.05) is 176 Å². The average molecular weight is 799 g/mol. The van der Waals surface area contributed by atoms with E-state index in [4.69, 9.17) is 9.15 Å². The number of fused-ring (bicyclic) bond motifs is 19. The van der Waals surface area contributed by atoms with Gasteiger partial charge in [-0.25, -0.2) is 0 Å². The molecule has 0 amide bonds. The molecule has 0 bridgehead atoms. The summed E-state index contributed by atoms with van der Waals surface area (Å²) >= 11 is 0. The van der Waals surface area contributed by atoms with Gasteiger partial charge in [-0.3, -0.25) is 0 Å². The molecule has 0 radical (unpaired) electrons. The van der Waals surface area contributed by atoms with E-state index in [1.807, 2.05) is 0 Å². The Kier molecular flexibility index (Phi) is 6.38. The van der Waals surface area contributed by atoms with Crippen LogP contribution in [0.4, 0.5) is 0 Å². The minimum Gasteiger partial charge on any atom is -0.456 e. The van der Waals surface area contributed by atoms with Crippen molar-refractivity contribution in [3.05, 3.63) is 229 Å². The van der Waals surface area contributed by atoms with Crippen molar-refractivity contribution in [3.8, 4) is 67.1 Å². The van der Waals surface area contributed by atoms with Crippen LogP contribution in [0.15, 0.2) is 211 Å². The Morgan fingerprint density at radius 1 is 0.317 bits per heavy atom. The number of benzene rings is 11. The fourth-order valence-electron chi connectivity index (χ4n) is 12.0. The molecule has 0 fully saturated rings. The van der Waals surface area contributed by atoms with E-state index in [0.717, 1.165) is 60.9 Å². The van der Waals surface area contributed by atoms with Crippen LogP contribution in [-0.2, 0) is 5.41 Å². The molecule has 2 heteroatoms. The maximum absolute atomic E-state index is 6.84. The molecule has 290 valence electrons. The Morgan fingerprint density at radius 3 is 1.81 bits per heavy atom. The van der Waals surface area contributed by atoms with Gasteiger partial charge in [0.25, 0.3) is 0 Å². The monoisotopic (exact) mass is 798 g/mol. The zero-order valence-corrected chi connectivity index (χ0v) is 33.9. The normalized spacial score (nSPS) is 15.2. The third-order valence-corrected chi connectivity index (χ3v) is 14.5. The van der Waals surface area contributed by atoms with Gasteiger partial charge in [-0.2, -0.15) is 0 Å². The molecule has 15 rings (SSSR count). The molecular weight excluding hydrogens is 765 g/mol. The van der Waals surface area contributed by atoms with Crippen LogP contribution < -0.4 is 4.74 Å². The van der Waals surface area contributed by atoms with Crippen molar-refractivity contribution in [2.75, 3.05) is 0 Å². The van der Waals surface area contributed by atoms with E-state index >= 15 is 0 Å². The molecule has 1 aliphatic heterocycles. The second-order valence-corrected chi connectivity index (χ2v) is 17.4. The van der Waals surface area contributed by atoms with Crippen LogP contribution in [0.2, 0.25) is 0 Å². The van der Waals surface area contributed by atoms with Crippen LogP contribution in [0.3, 0.4) is 0 Å². The highest BCUT2D eigenvalue weighted by atomic mass is 16.5. The van der Waals surface area contributed by atoms with Crippen molar-refractivity contribution < 1.29 is 9.15 Å². The minimum absolute atomic E-state index is 0.445. The van der Waals surface area contributed by atoms with Crippen molar-refractivity contribution in [1.29, 1.82) is 0 Å². The van der Waals surface area contributed by atoms with E-state index in [1.54, 1.807) is 0 Å². The lowest BCUT2D eigenvalue weighted by atomic mass is 9.70. The largest absolute Gasteiger partial charge is 0.456 e. The average Bonchev–Trinajstić information content (AvgIpc) is 3.99. The van der Waals surface area contributed by atoms with Crippen LogP contribution in [0, 0.1) is 0 Å². The zero-order valence-electron chi connectivity index (χ0n) is 33.9. The third kappa shape index (κ3) is 4.18. The summed E-state index contributed by atoms with van der Waals surface area (Å²) in [5.74, 6) is 1.75. The lowest BCUT2D eigenvalue weighted by Crippen LogP contribution is -2.25. The summed E-state index contributed by atoms with van der Waals surface area (Å²) < 4.78 is 13.4. The Bertz CT molecular complexity index is 4020. The second-order valence-electron chi connectivity index (χ2n) is 17.4. The molecule has 2 aliphatic carbocycles. The molecule has 12 aromatic rings. The standard InChI is InChI=1S/C61H34O2/c1-3-14-38-35(12-1)27-31-52-56(38)45-16-5-7-22-49(45)61(52)50-23-8-6-17-46(50)57-42(21-10-24-51(57)61)41-30-33-55-59-43(41)19-9-20-44(59)48-34-37(28-32-53(48)62-55)39-18-11-25-54-58(39)47-29-26-36-13-2-4-15-40(36)60(47)63-54/h1-34H. The smallest absolute Gasteiger partial charge is 0.143 e. The first-order valence-electron chi connectivity index (χ1n) is 21.8. The highest BCUT2D eigenvalue weighted by Crippen LogP contribution is 2.65. The molecule has 2 nitrogen and oxygen atoms in total. The van der Waals surface area contributed by atoms with E-state index in [-0.39, 0.29) is 0 Å². The summed E-state index contributed by atoms with van der Waals surface area (Å²) in [5, 5.41) is 9.45. The van der Waals surface area contributed by atoms with Gasteiger partial charge in [-0.15, -0.1) is 0 Å². The lowest BCUT2D eigenvalue weighted by Gasteiger charge is -2.30. The topological polar surface area (TPSA) is 22.4 Å². The van der Waals surface area contributed by atoms with Crippen molar-refractivity contribution in [2.24, 2.45) is 0 Å². The summed E-state index contributed by atoms with van der Waals surface area (Å²) in [5.41, 5.74) is 19.0. The van der Waals surface area contributed by atoms with Gasteiger partial charge in [-0.05, 0) is 124 Å².